The predicted octanol–water partition coefficient (Wildman–Crippen LogP) is 1.73. The van der Waals surface area contributed by atoms with Gasteiger partial charge in [-0.05, 0) is 24.6 Å². The number of rotatable bonds is 6. The van der Waals surface area contributed by atoms with Gasteiger partial charge in [-0.1, -0.05) is 12.1 Å². The second-order valence-electron chi connectivity index (χ2n) is 5.13. The first-order valence-corrected chi connectivity index (χ1v) is 6.96. The summed E-state index contributed by atoms with van der Waals surface area (Å²) >= 11 is 0. The van der Waals surface area contributed by atoms with Crippen LogP contribution in [0.15, 0.2) is 35.6 Å². The van der Waals surface area contributed by atoms with Gasteiger partial charge in [-0.2, -0.15) is 0 Å². The SMILES string of the molecule is COC(CN1C(=O)C(O)=C(C(C)=O)[C@@H]1c1ccc(F)cc1)OC. The Kier molecular flexibility index (Phi) is 5.12. The third-order valence-electron chi connectivity index (χ3n) is 3.74. The largest absolute Gasteiger partial charge is 0.503 e. The van der Waals surface area contributed by atoms with Crippen LogP contribution in [0, 0.1) is 5.82 Å². The highest BCUT2D eigenvalue weighted by Crippen LogP contribution is 2.37. The lowest BCUT2D eigenvalue weighted by Crippen LogP contribution is -2.38. The number of carbonyl (C=O) groups is 2. The number of ketones is 1. The molecule has 0 spiro atoms. The zero-order chi connectivity index (χ0) is 17.1. The molecule has 7 heteroatoms. The first-order valence-electron chi connectivity index (χ1n) is 6.96. The third kappa shape index (κ3) is 3.25. The average Bonchev–Trinajstić information content (AvgIpc) is 2.77. The Labute approximate surface area is 133 Å². The molecule has 124 valence electrons. The molecule has 0 fully saturated rings. The summed E-state index contributed by atoms with van der Waals surface area (Å²) in [6, 6.07) is 4.59. The number of aliphatic hydroxyl groups is 1. The van der Waals surface area contributed by atoms with Gasteiger partial charge in [-0.25, -0.2) is 4.39 Å². The van der Waals surface area contributed by atoms with Gasteiger partial charge in [0.05, 0.1) is 18.2 Å². The van der Waals surface area contributed by atoms with Crippen molar-refractivity contribution in [2.24, 2.45) is 0 Å². The maximum absolute atomic E-state index is 13.2. The van der Waals surface area contributed by atoms with E-state index in [4.69, 9.17) is 9.47 Å². The van der Waals surface area contributed by atoms with Gasteiger partial charge in [0, 0.05) is 14.2 Å². The normalized spacial score (nSPS) is 18.2. The van der Waals surface area contributed by atoms with Gasteiger partial charge in [-0.3, -0.25) is 9.59 Å². The number of hydrogen-bond donors (Lipinski definition) is 1. The molecule has 0 unspecified atom stereocenters. The van der Waals surface area contributed by atoms with E-state index in [0.717, 1.165) is 0 Å². The number of Topliss-reactive ketones (excluding diaryl/α,β-unsaturated/α-hetero) is 1. The Morgan fingerprint density at radius 2 is 1.87 bits per heavy atom. The molecule has 1 N–H and O–H groups in total. The predicted molar refractivity (Wildman–Crippen MR) is 79.0 cm³/mol. The van der Waals surface area contributed by atoms with Crippen molar-refractivity contribution < 1.29 is 28.6 Å². The number of nitrogens with zero attached hydrogens (tertiary/aromatic N) is 1. The van der Waals surface area contributed by atoms with E-state index in [0.29, 0.717) is 5.56 Å². The molecule has 0 radical (unpaired) electrons. The zero-order valence-electron chi connectivity index (χ0n) is 13.1. The average molecular weight is 323 g/mol. The summed E-state index contributed by atoms with van der Waals surface area (Å²) in [5, 5.41) is 10.1. The van der Waals surface area contributed by atoms with E-state index in [9.17, 15) is 19.1 Å². The zero-order valence-corrected chi connectivity index (χ0v) is 13.1. The molecule has 0 bridgehead atoms. The van der Waals surface area contributed by atoms with Gasteiger partial charge < -0.3 is 19.5 Å². The molecular formula is C16H18FNO5. The molecule has 1 amide bonds. The van der Waals surface area contributed by atoms with Crippen LogP contribution in [0.3, 0.4) is 0 Å². The molecule has 1 aromatic rings. The molecule has 1 aliphatic heterocycles. The molecule has 0 aliphatic carbocycles. The number of methoxy groups -OCH3 is 2. The van der Waals surface area contributed by atoms with E-state index in [1.165, 1.54) is 50.3 Å². The van der Waals surface area contributed by atoms with Gasteiger partial charge in [0.2, 0.25) is 0 Å². The Hall–Kier alpha value is -2.25. The Morgan fingerprint density at radius 3 is 2.35 bits per heavy atom. The van der Waals surface area contributed by atoms with Crippen LogP contribution in [0.2, 0.25) is 0 Å². The summed E-state index contributed by atoms with van der Waals surface area (Å²) in [5.41, 5.74) is 0.493. The van der Waals surface area contributed by atoms with Crippen molar-refractivity contribution in [1.82, 2.24) is 4.90 Å². The van der Waals surface area contributed by atoms with Gasteiger partial charge in [0.25, 0.3) is 5.91 Å². The second-order valence-corrected chi connectivity index (χ2v) is 5.13. The fraction of sp³-hybridized carbons (Fsp3) is 0.375. The number of amides is 1. The van der Waals surface area contributed by atoms with Gasteiger partial charge >= 0.3 is 0 Å². The number of hydrogen-bond acceptors (Lipinski definition) is 5. The summed E-state index contributed by atoms with van der Waals surface area (Å²) in [4.78, 5) is 25.5. The number of halogens is 1. The maximum Gasteiger partial charge on any atom is 0.290 e. The lowest BCUT2D eigenvalue weighted by atomic mass is 9.97. The van der Waals surface area contributed by atoms with Gasteiger partial charge in [-0.15, -0.1) is 0 Å². The minimum Gasteiger partial charge on any atom is -0.503 e. The van der Waals surface area contributed by atoms with E-state index in [2.05, 4.69) is 0 Å². The number of aliphatic hydroxyl groups excluding tert-OH is 1. The lowest BCUT2D eigenvalue weighted by molar-refractivity contribution is -0.144. The van der Waals surface area contributed by atoms with E-state index < -0.39 is 35.6 Å². The van der Waals surface area contributed by atoms with Crippen molar-refractivity contribution >= 4 is 11.7 Å². The van der Waals surface area contributed by atoms with Gasteiger partial charge in [0.1, 0.15) is 5.82 Å². The summed E-state index contributed by atoms with van der Waals surface area (Å²) in [6.45, 7) is 1.28. The van der Waals surface area contributed by atoms with Crippen LogP contribution in [0.4, 0.5) is 4.39 Å². The van der Waals surface area contributed by atoms with Crippen LogP contribution in [0.25, 0.3) is 0 Å². The van der Waals surface area contributed by atoms with E-state index in [1.807, 2.05) is 0 Å². The van der Waals surface area contributed by atoms with E-state index in [1.54, 1.807) is 0 Å². The Morgan fingerprint density at radius 1 is 1.30 bits per heavy atom. The molecule has 1 aliphatic rings. The fourth-order valence-electron chi connectivity index (χ4n) is 2.60. The Bertz CT molecular complexity index is 636. The second kappa shape index (κ2) is 6.89. The third-order valence-corrected chi connectivity index (χ3v) is 3.74. The molecule has 0 saturated heterocycles. The van der Waals surface area contributed by atoms with Crippen LogP contribution in [0.5, 0.6) is 0 Å². The van der Waals surface area contributed by atoms with Gasteiger partial charge in [0.15, 0.2) is 17.8 Å². The van der Waals surface area contributed by atoms with Crippen molar-refractivity contribution in [3.05, 3.63) is 47.0 Å². The molecule has 1 heterocycles. The number of ether oxygens (including phenoxy) is 2. The minimum atomic E-state index is -0.812. The minimum absolute atomic E-state index is 0.00865. The maximum atomic E-state index is 13.2. The van der Waals surface area contributed by atoms with Crippen LogP contribution in [-0.4, -0.2) is 48.8 Å². The topological polar surface area (TPSA) is 76.1 Å². The van der Waals surface area contributed by atoms with Crippen LogP contribution < -0.4 is 0 Å². The quantitative estimate of drug-likeness (QED) is 0.807. The van der Waals surface area contributed by atoms with Crippen molar-refractivity contribution in [2.45, 2.75) is 19.3 Å². The highest BCUT2D eigenvalue weighted by molar-refractivity contribution is 6.08. The Balaban J connectivity index is 2.46. The molecule has 23 heavy (non-hydrogen) atoms. The summed E-state index contributed by atoms with van der Waals surface area (Å²) in [5.74, 6) is -2.16. The van der Waals surface area contributed by atoms with E-state index in [-0.39, 0.29) is 12.1 Å². The van der Waals surface area contributed by atoms with Crippen molar-refractivity contribution in [1.29, 1.82) is 0 Å². The van der Waals surface area contributed by atoms with Crippen molar-refractivity contribution in [3.63, 3.8) is 0 Å². The van der Waals surface area contributed by atoms with Crippen LogP contribution >= 0.6 is 0 Å². The molecule has 0 saturated carbocycles. The highest BCUT2D eigenvalue weighted by atomic mass is 19.1. The molecule has 0 aromatic heterocycles. The molecule has 1 atom stereocenters. The number of carbonyl (C=O) groups excluding carboxylic acids is 2. The highest BCUT2D eigenvalue weighted by Gasteiger charge is 2.43. The van der Waals surface area contributed by atoms with Crippen LogP contribution in [-0.2, 0) is 19.1 Å². The standard InChI is InChI=1S/C16H18FNO5/c1-9(19)13-14(10-4-6-11(17)7-5-10)18(16(21)15(13)20)8-12(22-2)23-3/h4-7,12,14,20H,8H2,1-3H3/t14-/m0/s1. The lowest BCUT2D eigenvalue weighted by Gasteiger charge is -2.29. The fourth-order valence-corrected chi connectivity index (χ4v) is 2.60. The molecular weight excluding hydrogens is 305 g/mol. The molecule has 2 rings (SSSR count). The first kappa shape index (κ1) is 17.1. The van der Waals surface area contributed by atoms with Crippen molar-refractivity contribution in [3.8, 4) is 0 Å². The molecule has 1 aromatic carbocycles. The summed E-state index contributed by atoms with van der Waals surface area (Å²) in [7, 11) is 2.83. The summed E-state index contributed by atoms with van der Waals surface area (Å²) < 4.78 is 23.3. The van der Waals surface area contributed by atoms with E-state index >= 15 is 0 Å². The monoisotopic (exact) mass is 323 g/mol. The smallest absolute Gasteiger partial charge is 0.290 e. The number of benzene rings is 1. The molecule has 6 nitrogen and oxygen atoms in total. The first-order chi connectivity index (χ1) is 10.9. The van der Waals surface area contributed by atoms with Crippen molar-refractivity contribution in [2.75, 3.05) is 20.8 Å². The van der Waals surface area contributed by atoms with Crippen LogP contribution in [0.1, 0.15) is 18.5 Å². The summed E-state index contributed by atoms with van der Waals surface area (Å²) in [6.07, 6.45) is -0.721.